The largest absolute Gasteiger partial charge is 0.489 e. The zero-order chi connectivity index (χ0) is 13.8. The third kappa shape index (κ3) is 3.82. The first-order valence-electron chi connectivity index (χ1n) is 6.29. The van der Waals surface area contributed by atoms with Crippen LogP contribution in [0.3, 0.4) is 0 Å². The Morgan fingerprint density at radius 2 is 2.00 bits per heavy atom. The first kappa shape index (κ1) is 14.1. The minimum Gasteiger partial charge on any atom is -0.489 e. The molecule has 0 amide bonds. The molecule has 0 bridgehead atoms. The summed E-state index contributed by atoms with van der Waals surface area (Å²) in [5.74, 6) is 0.839. The highest BCUT2D eigenvalue weighted by atomic mass is 79.9. The van der Waals surface area contributed by atoms with Crippen LogP contribution >= 0.6 is 15.9 Å². The number of aryl methyl sites for hydroxylation is 1. The molecule has 3 heteroatoms. The van der Waals surface area contributed by atoms with Crippen molar-refractivity contribution in [3.63, 3.8) is 0 Å². The van der Waals surface area contributed by atoms with Gasteiger partial charge in [-0.05, 0) is 31.5 Å². The van der Waals surface area contributed by atoms with Gasteiger partial charge in [-0.25, -0.2) is 0 Å². The lowest BCUT2D eigenvalue weighted by molar-refractivity contribution is 0.301. The monoisotopic (exact) mass is 319 g/mol. The van der Waals surface area contributed by atoms with E-state index in [1.807, 2.05) is 31.2 Å². The molecule has 100 valence electrons. The summed E-state index contributed by atoms with van der Waals surface area (Å²) in [4.78, 5) is 0. The lowest BCUT2D eigenvalue weighted by atomic mass is 10.1. The van der Waals surface area contributed by atoms with E-state index in [0.29, 0.717) is 6.61 Å². The van der Waals surface area contributed by atoms with Crippen molar-refractivity contribution in [3.8, 4) is 5.75 Å². The minimum atomic E-state index is -0.0411. The maximum Gasteiger partial charge on any atom is 0.125 e. The van der Waals surface area contributed by atoms with E-state index in [1.165, 1.54) is 5.56 Å². The summed E-state index contributed by atoms with van der Waals surface area (Å²) in [7, 11) is 0. The van der Waals surface area contributed by atoms with Crippen LogP contribution < -0.4 is 10.5 Å². The Morgan fingerprint density at radius 1 is 1.21 bits per heavy atom. The van der Waals surface area contributed by atoms with Crippen molar-refractivity contribution < 1.29 is 4.74 Å². The summed E-state index contributed by atoms with van der Waals surface area (Å²) in [5.41, 5.74) is 9.39. The van der Waals surface area contributed by atoms with E-state index in [0.717, 1.165) is 21.3 Å². The van der Waals surface area contributed by atoms with Gasteiger partial charge < -0.3 is 10.5 Å². The molecule has 0 aromatic heterocycles. The van der Waals surface area contributed by atoms with Crippen molar-refractivity contribution in [3.05, 3.63) is 63.6 Å². The van der Waals surface area contributed by atoms with Gasteiger partial charge >= 0.3 is 0 Å². The zero-order valence-corrected chi connectivity index (χ0v) is 12.8. The van der Waals surface area contributed by atoms with Crippen LogP contribution in [-0.4, -0.2) is 0 Å². The Hall–Kier alpha value is -1.32. The predicted octanol–water partition coefficient (Wildman–Crippen LogP) is 4.36. The Bertz CT molecular complexity index is 566. The molecule has 0 saturated carbocycles. The first-order valence-corrected chi connectivity index (χ1v) is 7.09. The Kier molecular flexibility index (Phi) is 4.61. The highest BCUT2D eigenvalue weighted by molar-refractivity contribution is 9.10. The van der Waals surface area contributed by atoms with Gasteiger partial charge in [0, 0.05) is 16.1 Å². The van der Waals surface area contributed by atoms with E-state index in [4.69, 9.17) is 10.5 Å². The molecule has 0 aliphatic rings. The lowest BCUT2D eigenvalue weighted by Gasteiger charge is -2.14. The van der Waals surface area contributed by atoms with Gasteiger partial charge in [0.15, 0.2) is 0 Å². The van der Waals surface area contributed by atoms with Crippen molar-refractivity contribution in [1.29, 1.82) is 0 Å². The van der Waals surface area contributed by atoms with Crippen LogP contribution in [-0.2, 0) is 6.61 Å². The lowest BCUT2D eigenvalue weighted by Crippen LogP contribution is -2.08. The maximum absolute atomic E-state index is 5.96. The highest BCUT2D eigenvalue weighted by Gasteiger charge is 2.09. The Balaban J connectivity index is 2.17. The number of benzene rings is 2. The first-order chi connectivity index (χ1) is 9.06. The second-order valence-corrected chi connectivity index (χ2v) is 5.66. The van der Waals surface area contributed by atoms with Crippen molar-refractivity contribution >= 4 is 15.9 Å². The molecule has 0 aliphatic carbocycles. The Labute approximate surface area is 122 Å². The molecule has 2 aromatic carbocycles. The molecule has 2 N–H and O–H groups in total. The number of rotatable bonds is 4. The number of nitrogens with two attached hydrogens (primary N) is 1. The smallest absolute Gasteiger partial charge is 0.125 e. The molecule has 0 radical (unpaired) electrons. The van der Waals surface area contributed by atoms with E-state index < -0.39 is 0 Å². The minimum absolute atomic E-state index is 0.0411. The molecule has 0 aliphatic heterocycles. The quantitative estimate of drug-likeness (QED) is 0.908. The van der Waals surface area contributed by atoms with Crippen LogP contribution in [0.4, 0.5) is 0 Å². The summed E-state index contributed by atoms with van der Waals surface area (Å²) < 4.78 is 6.91. The van der Waals surface area contributed by atoms with E-state index in [1.54, 1.807) is 0 Å². The van der Waals surface area contributed by atoms with Crippen molar-refractivity contribution in [2.24, 2.45) is 5.73 Å². The van der Waals surface area contributed by atoms with E-state index >= 15 is 0 Å². The average molecular weight is 320 g/mol. The summed E-state index contributed by atoms with van der Waals surface area (Å²) in [6, 6.07) is 14.2. The summed E-state index contributed by atoms with van der Waals surface area (Å²) in [6.07, 6.45) is 0. The Morgan fingerprint density at radius 3 is 2.68 bits per heavy atom. The molecular weight excluding hydrogens is 302 g/mol. The van der Waals surface area contributed by atoms with Crippen LogP contribution in [0.15, 0.2) is 46.9 Å². The highest BCUT2D eigenvalue weighted by Crippen LogP contribution is 2.28. The van der Waals surface area contributed by atoms with Gasteiger partial charge in [0.1, 0.15) is 12.4 Å². The van der Waals surface area contributed by atoms with E-state index in [2.05, 4.69) is 41.1 Å². The van der Waals surface area contributed by atoms with Crippen molar-refractivity contribution in [1.82, 2.24) is 0 Å². The van der Waals surface area contributed by atoms with Crippen molar-refractivity contribution in [2.75, 3.05) is 0 Å². The molecule has 2 nitrogen and oxygen atoms in total. The fourth-order valence-electron chi connectivity index (χ4n) is 1.97. The van der Waals surface area contributed by atoms with Crippen LogP contribution in [0.25, 0.3) is 0 Å². The van der Waals surface area contributed by atoms with Gasteiger partial charge in [0.05, 0.1) is 0 Å². The van der Waals surface area contributed by atoms with Gasteiger partial charge in [-0.1, -0.05) is 51.8 Å². The molecule has 0 heterocycles. The van der Waals surface area contributed by atoms with Crippen LogP contribution in [0.2, 0.25) is 0 Å². The second-order valence-electron chi connectivity index (χ2n) is 4.75. The maximum atomic E-state index is 5.96. The molecule has 2 aromatic rings. The molecule has 2 rings (SSSR count). The molecule has 19 heavy (non-hydrogen) atoms. The number of hydrogen-bond acceptors (Lipinski definition) is 2. The fraction of sp³-hybridized carbons (Fsp3) is 0.250. The van der Waals surface area contributed by atoms with Crippen LogP contribution in [0.5, 0.6) is 5.75 Å². The second kappa shape index (κ2) is 6.22. The third-order valence-corrected chi connectivity index (χ3v) is 3.44. The SMILES string of the molecule is Cc1cccc(COc2cc(Br)ccc2[C@@H](C)N)c1. The van der Waals surface area contributed by atoms with Crippen LogP contribution in [0, 0.1) is 6.92 Å². The average Bonchev–Trinajstić information content (AvgIpc) is 2.36. The normalized spacial score (nSPS) is 12.2. The number of halogens is 1. The molecule has 0 unspecified atom stereocenters. The zero-order valence-electron chi connectivity index (χ0n) is 11.2. The molecule has 0 saturated heterocycles. The third-order valence-electron chi connectivity index (χ3n) is 2.94. The van der Waals surface area contributed by atoms with E-state index in [9.17, 15) is 0 Å². The topological polar surface area (TPSA) is 35.2 Å². The predicted molar refractivity (Wildman–Crippen MR) is 82.3 cm³/mol. The summed E-state index contributed by atoms with van der Waals surface area (Å²) in [5, 5.41) is 0. The van der Waals surface area contributed by atoms with Gasteiger partial charge in [0.25, 0.3) is 0 Å². The van der Waals surface area contributed by atoms with Gasteiger partial charge in [-0.15, -0.1) is 0 Å². The van der Waals surface area contributed by atoms with Gasteiger partial charge in [-0.3, -0.25) is 0 Å². The van der Waals surface area contributed by atoms with Crippen molar-refractivity contribution in [2.45, 2.75) is 26.5 Å². The van der Waals surface area contributed by atoms with Gasteiger partial charge in [0.2, 0.25) is 0 Å². The summed E-state index contributed by atoms with van der Waals surface area (Å²) >= 11 is 3.46. The molecule has 0 spiro atoms. The number of ether oxygens (including phenoxy) is 1. The summed E-state index contributed by atoms with van der Waals surface area (Å²) in [6.45, 7) is 4.59. The fourth-order valence-corrected chi connectivity index (χ4v) is 2.31. The van der Waals surface area contributed by atoms with Gasteiger partial charge in [-0.2, -0.15) is 0 Å². The molecular formula is C16H18BrNO. The standard InChI is InChI=1S/C16H18BrNO/c1-11-4-3-5-13(8-11)10-19-16-9-14(17)6-7-15(16)12(2)18/h3-9,12H,10,18H2,1-2H3/t12-/m1/s1. The van der Waals surface area contributed by atoms with Crippen LogP contribution in [0.1, 0.15) is 29.7 Å². The molecule has 1 atom stereocenters. The van der Waals surface area contributed by atoms with E-state index in [-0.39, 0.29) is 6.04 Å². The number of hydrogen-bond donors (Lipinski definition) is 1. The molecule has 0 fully saturated rings.